The number of alkyl carbamates (subject to hydrolysis) is 2. The molecule has 0 bridgehead atoms. The molecule has 18 heteroatoms. The van der Waals surface area contributed by atoms with Crippen molar-refractivity contribution in [3.8, 4) is 22.3 Å². The Balaban J connectivity index is 0.945. The molecule has 4 aliphatic rings. The molecule has 4 N–H and O–H groups in total. The van der Waals surface area contributed by atoms with Crippen molar-refractivity contribution in [1.29, 1.82) is 0 Å². The molecule has 4 amide bonds. The molecule has 1 unspecified atom stereocenters. The van der Waals surface area contributed by atoms with Gasteiger partial charge in [0.05, 0.1) is 87.9 Å². The number of amides is 4. The maximum atomic E-state index is 14.1. The van der Waals surface area contributed by atoms with Gasteiger partial charge in [-0.1, -0.05) is 64.1 Å². The number of nitrogens with zero attached hydrogens (tertiary/aromatic N) is 4. The third-order valence-electron chi connectivity index (χ3n) is 12.7. The lowest BCUT2D eigenvalue weighted by Crippen LogP contribution is -2.52. The number of likely N-dealkylation sites (tertiary alicyclic amines) is 2. The van der Waals surface area contributed by atoms with Crippen molar-refractivity contribution in [2.75, 3.05) is 53.7 Å². The number of carbonyl (C=O) groups excluding carboxylic acids is 4. The molecule has 4 aliphatic heterocycles. The van der Waals surface area contributed by atoms with E-state index in [4.69, 9.17) is 38.4 Å². The van der Waals surface area contributed by atoms with Crippen LogP contribution in [-0.2, 0) is 38.0 Å². The molecule has 9 rings (SSSR count). The van der Waals surface area contributed by atoms with Gasteiger partial charge in [-0.15, -0.1) is 0 Å². The molecule has 64 heavy (non-hydrogen) atoms. The van der Waals surface area contributed by atoms with Gasteiger partial charge in [-0.3, -0.25) is 9.59 Å². The molecular formula is C46H54N8O10. The second-order valence-corrected chi connectivity index (χ2v) is 17.6. The number of ether oxygens (including phenoxy) is 6. The molecule has 2 aromatic heterocycles. The molecule has 4 saturated heterocycles. The number of hydrogen-bond acceptors (Lipinski definition) is 12. The van der Waals surface area contributed by atoms with E-state index in [1.54, 1.807) is 9.80 Å². The summed E-state index contributed by atoms with van der Waals surface area (Å²) in [7, 11) is 2.54. The predicted octanol–water partition coefficient (Wildman–Crippen LogP) is 5.57. The third kappa shape index (κ3) is 8.14. The minimum absolute atomic E-state index is 0.202. The summed E-state index contributed by atoms with van der Waals surface area (Å²) in [6.45, 7) is 9.60. The molecule has 3 aromatic carbocycles. The van der Waals surface area contributed by atoms with Crippen LogP contribution in [0, 0.1) is 11.8 Å². The summed E-state index contributed by atoms with van der Waals surface area (Å²) in [5.74, 6) is -1.64. The highest BCUT2D eigenvalue weighted by Gasteiger charge is 2.54. The second kappa shape index (κ2) is 17.1. The fourth-order valence-corrected chi connectivity index (χ4v) is 9.39. The van der Waals surface area contributed by atoms with Crippen molar-refractivity contribution in [1.82, 2.24) is 40.4 Å². The maximum Gasteiger partial charge on any atom is 0.407 e. The van der Waals surface area contributed by atoms with E-state index in [9.17, 15) is 19.2 Å². The summed E-state index contributed by atoms with van der Waals surface area (Å²) in [5, 5.41) is 5.40. The number of carbonyl (C=O) groups is 4. The quantitative estimate of drug-likeness (QED) is 0.136. The molecule has 0 radical (unpaired) electrons. The molecule has 0 saturated carbocycles. The van der Waals surface area contributed by atoms with Crippen LogP contribution < -0.4 is 10.6 Å². The molecule has 5 aromatic rings. The highest BCUT2D eigenvalue weighted by Crippen LogP contribution is 2.44. The van der Waals surface area contributed by atoms with Crippen LogP contribution in [0.2, 0.25) is 0 Å². The standard InChI is InChI=1S/C46H54N8O10/c1-25(2)37(51-43(57)59-5)41(55)53-23-45(61-15-16-62-45)21-35(53)39-47-31-13-11-29(19-33(31)49-39)27-7-9-28(10-8-27)30-12-14-32-34(20-30)50-40(48-32)36-22-46(63-17-18-64-46)24-54(36)42(56)38(26(3)4)52-44(58)60-6/h7-14,19-20,25-26,35-38H,15-18,21-24H2,1-6H3,(H,47,49)(H,48,50)(H,51,57)(H,52,58)/t35-,36?,37-,38-/m0/s1. The Labute approximate surface area is 369 Å². The van der Waals surface area contributed by atoms with Crippen LogP contribution in [0.3, 0.4) is 0 Å². The van der Waals surface area contributed by atoms with Gasteiger partial charge < -0.3 is 58.8 Å². The number of hydrogen-bond donors (Lipinski definition) is 4. The van der Waals surface area contributed by atoms with Gasteiger partial charge in [0.15, 0.2) is 11.6 Å². The van der Waals surface area contributed by atoms with Crippen molar-refractivity contribution in [3.63, 3.8) is 0 Å². The van der Waals surface area contributed by atoms with E-state index < -0.39 is 47.9 Å². The van der Waals surface area contributed by atoms with Crippen LogP contribution >= 0.6 is 0 Å². The molecular weight excluding hydrogens is 825 g/mol. The number of imidazole rings is 2. The number of H-pyrrole nitrogens is 2. The molecule has 2 spiro atoms. The lowest BCUT2D eigenvalue weighted by molar-refractivity contribution is -0.153. The number of aromatic nitrogens is 4. The summed E-state index contributed by atoms with van der Waals surface area (Å²) < 4.78 is 33.9. The van der Waals surface area contributed by atoms with Gasteiger partial charge in [-0.25, -0.2) is 19.6 Å². The number of benzene rings is 3. The van der Waals surface area contributed by atoms with Gasteiger partial charge in [0.1, 0.15) is 23.7 Å². The lowest BCUT2D eigenvalue weighted by atomic mass is 10.00. The average Bonchev–Trinajstić information content (AvgIpc) is 4.17. The second-order valence-electron chi connectivity index (χ2n) is 17.6. The fraction of sp³-hybridized carbons (Fsp3) is 0.478. The Kier molecular flexibility index (Phi) is 11.6. The Morgan fingerprint density at radius 3 is 1.31 bits per heavy atom. The van der Waals surface area contributed by atoms with E-state index in [-0.39, 0.29) is 36.7 Å². The summed E-state index contributed by atoms with van der Waals surface area (Å²) in [6, 6.07) is 17.8. The molecule has 0 aliphatic carbocycles. The average molecular weight is 879 g/mol. The van der Waals surface area contributed by atoms with Gasteiger partial charge in [-0.05, 0) is 58.4 Å². The van der Waals surface area contributed by atoms with Crippen molar-refractivity contribution >= 4 is 46.1 Å². The van der Waals surface area contributed by atoms with E-state index in [0.717, 1.165) is 44.3 Å². The van der Waals surface area contributed by atoms with E-state index in [1.807, 2.05) is 64.1 Å². The van der Waals surface area contributed by atoms with Gasteiger partial charge in [0, 0.05) is 12.8 Å². The van der Waals surface area contributed by atoms with Crippen LogP contribution in [0.5, 0.6) is 0 Å². The van der Waals surface area contributed by atoms with E-state index in [1.165, 1.54) is 14.2 Å². The summed E-state index contributed by atoms with van der Waals surface area (Å²) in [5.41, 5.74) is 7.08. The molecule has 6 heterocycles. The van der Waals surface area contributed by atoms with Crippen LogP contribution in [0.25, 0.3) is 44.3 Å². The maximum absolute atomic E-state index is 14.1. The topological polar surface area (TPSA) is 212 Å². The Bertz CT molecular complexity index is 2380. The number of methoxy groups -OCH3 is 2. The SMILES string of the molecule is COC(=O)N[C@H](C(=O)N1CC2(CC1c1nc3ccc(-c4ccc(-c5ccc6nc([C@@H]7CC8(CN7C(=O)[C@@H](NC(=O)OC)C(C)C)OCCO8)[nH]c6c5)cc4)cc3[nH]1)OCCO2)C(C)C. The van der Waals surface area contributed by atoms with Crippen LogP contribution in [0.1, 0.15) is 64.3 Å². The number of nitrogens with one attached hydrogen (secondary N) is 4. The summed E-state index contributed by atoms with van der Waals surface area (Å²) in [6.07, 6.45) is -0.578. The lowest BCUT2D eigenvalue weighted by Gasteiger charge is -2.30. The van der Waals surface area contributed by atoms with E-state index in [2.05, 4.69) is 44.9 Å². The summed E-state index contributed by atoms with van der Waals surface area (Å²) in [4.78, 5) is 72.8. The predicted molar refractivity (Wildman–Crippen MR) is 232 cm³/mol. The van der Waals surface area contributed by atoms with Gasteiger partial charge in [0.25, 0.3) is 0 Å². The van der Waals surface area contributed by atoms with Crippen molar-refractivity contribution in [2.24, 2.45) is 11.8 Å². The highest BCUT2D eigenvalue weighted by molar-refractivity contribution is 5.89. The smallest absolute Gasteiger partial charge is 0.407 e. The minimum Gasteiger partial charge on any atom is -0.453 e. The van der Waals surface area contributed by atoms with Gasteiger partial charge >= 0.3 is 12.2 Å². The molecule has 338 valence electrons. The Morgan fingerprint density at radius 2 is 0.969 bits per heavy atom. The molecule has 4 fully saturated rings. The Morgan fingerprint density at radius 1 is 0.609 bits per heavy atom. The van der Waals surface area contributed by atoms with Gasteiger partial charge in [0.2, 0.25) is 11.8 Å². The highest BCUT2D eigenvalue weighted by atomic mass is 16.7. The Hall–Kier alpha value is -6.08. The first-order valence-corrected chi connectivity index (χ1v) is 21.7. The third-order valence-corrected chi connectivity index (χ3v) is 12.7. The summed E-state index contributed by atoms with van der Waals surface area (Å²) >= 11 is 0. The van der Waals surface area contributed by atoms with Crippen LogP contribution in [0.4, 0.5) is 9.59 Å². The molecule has 4 atom stereocenters. The first-order valence-electron chi connectivity index (χ1n) is 21.7. The fourth-order valence-electron chi connectivity index (χ4n) is 9.39. The van der Waals surface area contributed by atoms with Crippen molar-refractivity contribution in [2.45, 2.75) is 76.3 Å². The van der Waals surface area contributed by atoms with Crippen LogP contribution in [0.15, 0.2) is 60.7 Å². The first kappa shape index (κ1) is 43.2. The van der Waals surface area contributed by atoms with Crippen LogP contribution in [-0.4, -0.2) is 131 Å². The number of fused-ring (bicyclic) bond motifs is 2. The zero-order chi connectivity index (χ0) is 44.9. The zero-order valence-electron chi connectivity index (χ0n) is 36.8. The van der Waals surface area contributed by atoms with E-state index >= 15 is 0 Å². The van der Waals surface area contributed by atoms with Crippen molar-refractivity contribution in [3.05, 3.63) is 72.3 Å². The van der Waals surface area contributed by atoms with E-state index in [0.29, 0.717) is 50.9 Å². The number of aromatic amines is 2. The molecule has 18 nitrogen and oxygen atoms in total. The first-order chi connectivity index (χ1) is 30.8. The minimum atomic E-state index is -0.951. The normalized spacial score (nSPS) is 21.1. The number of rotatable bonds is 10. The zero-order valence-corrected chi connectivity index (χ0v) is 36.8. The largest absolute Gasteiger partial charge is 0.453 e. The monoisotopic (exact) mass is 878 g/mol. The van der Waals surface area contributed by atoms with Crippen molar-refractivity contribution < 1.29 is 47.6 Å². The van der Waals surface area contributed by atoms with Gasteiger partial charge in [-0.2, -0.15) is 0 Å².